The molecule has 0 aromatic rings. The summed E-state index contributed by atoms with van der Waals surface area (Å²) in [5.74, 6) is -2.98. The predicted octanol–water partition coefficient (Wildman–Crippen LogP) is 1.10. The van der Waals surface area contributed by atoms with Gasteiger partial charge in [0.1, 0.15) is 17.8 Å². The summed E-state index contributed by atoms with van der Waals surface area (Å²) in [4.78, 5) is 53.2. The highest BCUT2D eigenvalue weighted by molar-refractivity contribution is 6.19. The van der Waals surface area contributed by atoms with Crippen molar-refractivity contribution in [1.82, 2.24) is 0 Å². The Bertz CT molecular complexity index is 1290. The number of fused-ring (bicyclic) bond motifs is 2. The highest BCUT2D eigenvalue weighted by atomic mass is 16.5. The van der Waals surface area contributed by atoms with E-state index >= 15 is 0 Å². The number of carboxylic acid groups (broad SMARTS) is 1. The number of ketones is 3. The van der Waals surface area contributed by atoms with E-state index in [9.17, 15) is 34.5 Å². The van der Waals surface area contributed by atoms with Gasteiger partial charge < -0.3 is 24.8 Å². The first-order valence-electron chi connectivity index (χ1n) is 12.7. The minimum absolute atomic E-state index is 0.0306. The zero-order valence-electron chi connectivity index (χ0n) is 20.7. The summed E-state index contributed by atoms with van der Waals surface area (Å²) in [6.45, 7) is 5.48. The molecule has 0 amide bonds. The first-order valence-corrected chi connectivity index (χ1v) is 12.7. The molecule has 192 valence electrons. The van der Waals surface area contributed by atoms with Crippen molar-refractivity contribution in [3.05, 3.63) is 22.5 Å². The van der Waals surface area contributed by atoms with Crippen LogP contribution in [0.25, 0.3) is 0 Å². The second kappa shape index (κ2) is 6.03. The van der Waals surface area contributed by atoms with E-state index in [0.717, 1.165) is 0 Å². The number of aliphatic hydroxyl groups is 2. The van der Waals surface area contributed by atoms with Crippen molar-refractivity contribution in [2.24, 2.45) is 33.5 Å². The maximum absolute atomic E-state index is 14.4. The molecular weight excluding hydrogens is 468 g/mol. The number of Topliss-reactive ketones (excluding diaryl/α,β-unsaturated/α-hetero) is 3. The lowest BCUT2D eigenvalue weighted by atomic mass is 9.34. The molecule has 0 aromatic carbocycles. The summed E-state index contributed by atoms with van der Waals surface area (Å²) in [6.07, 6.45) is -2.27. The van der Waals surface area contributed by atoms with Gasteiger partial charge in [-0.15, -0.1) is 0 Å². The Morgan fingerprint density at radius 1 is 1.14 bits per heavy atom. The number of carboxylic acids is 1. The van der Waals surface area contributed by atoms with E-state index in [4.69, 9.17) is 9.47 Å². The zero-order valence-corrected chi connectivity index (χ0v) is 20.7. The molecule has 9 heteroatoms. The van der Waals surface area contributed by atoms with Crippen LogP contribution in [0, 0.1) is 33.5 Å². The number of methoxy groups -OCH3 is 1. The minimum Gasteiger partial charge on any atom is -0.493 e. The Hall–Kier alpha value is -2.36. The van der Waals surface area contributed by atoms with E-state index in [1.807, 2.05) is 6.92 Å². The molecule has 4 bridgehead atoms. The molecule has 2 aliphatic heterocycles. The van der Waals surface area contributed by atoms with Crippen molar-refractivity contribution in [1.29, 1.82) is 0 Å². The lowest BCUT2D eigenvalue weighted by molar-refractivity contribution is -0.190. The van der Waals surface area contributed by atoms with Gasteiger partial charge in [0.25, 0.3) is 0 Å². The third-order valence-corrected chi connectivity index (χ3v) is 11.4. The van der Waals surface area contributed by atoms with Crippen LogP contribution < -0.4 is 0 Å². The molecule has 9 nitrogen and oxygen atoms in total. The van der Waals surface area contributed by atoms with Crippen molar-refractivity contribution in [3.8, 4) is 0 Å². The van der Waals surface area contributed by atoms with Gasteiger partial charge in [-0.1, -0.05) is 20.8 Å². The van der Waals surface area contributed by atoms with Crippen LogP contribution in [0.1, 0.15) is 52.9 Å². The van der Waals surface area contributed by atoms with Crippen LogP contribution in [-0.2, 0) is 28.7 Å². The molecular formula is C27H30O9. The van der Waals surface area contributed by atoms with Crippen LogP contribution in [-0.4, -0.2) is 69.7 Å². The van der Waals surface area contributed by atoms with Crippen molar-refractivity contribution in [2.45, 2.75) is 76.8 Å². The Labute approximate surface area is 207 Å². The smallest absolute Gasteiger partial charge is 0.306 e. The first-order chi connectivity index (χ1) is 16.8. The fourth-order valence-electron chi connectivity index (χ4n) is 10.0. The Balaban J connectivity index is 1.46. The van der Waals surface area contributed by atoms with E-state index in [0.29, 0.717) is 24.0 Å². The maximum Gasteiger partial charge on any atom is 0.306 e. The average Bonchev–Trinajstić information content (AvgIpc) is 3.37. The van der Waals surface area contributed by atoms with Crippen LogP contribution in [0.4, 0.5) is 0 Å². The number of carbonyl (C=O) groups is 4. The third-order valence-electron chi connectivity index (χ3n) is 11.4. The van der Waals surface area contributed by atoms with Gasteiger partial charge >= 0.3 is 5.97 Å². The van der Waals surface area contributed by atoms with E-state index < -0.39 is 63.2 Å². The Morgan fingerprint density at radius 2 is 1.83 bits per heavy atom. The molecule has 36 heavy (non-hydrogen) atoms. The van der Waals surface area contributed by atoms with Crippen molar-refractivity contribution in [2.75, 3.05) is 7.11 Å². The molecule has 6 fully saturated rings. The van der Waals surface area contributed by atoms with Crippen LogP contribution in [0.5, 0.6) is 0 Å². The molecule has 0 aromatic heterocycles. The number of rotatable bonds is 3. The maximum atomic E-state index is 14.4. The fraction of sp³-hybridized carbons (Fsp3) is 0.704. The number of carbonyl (C=O) groups excluding carboxylic acids is 3. The summed E-state index contributed by atoms with van der Waals surface area (Å²) in [5, 5.41) is 33.0. The normalized spacial score (nSPS) is 51.5. The van der Waals surface area contributed by atoms with Gasteiger partial charge in [-0.3, -0.25) is 19.2 Å². The third kappa shape index (κ3) is 1.85. The molecule has 2 heterocycles. The summed E-state index contributed by atoms with van der Waals surface area (Å²) >= 11 is 0. The summed E-state index contributed by atoms with van der Waals surface area (Å²) in [6, 6.07) is 0. The number of hydrogen-bond donors (Lipinski definition) is 3. The van der Waals surface area contributed by atoms with Gasteiger partial charge in [0.2, 0.25) is 5.78 Å². The van der Waals surface area contributed by atoms with E-state index in [1.54, 1.807) is 13.8 Å². The average molecular weight is 499 g/mol. The lowest BCUT2D eigenvalue weighted by Gasteiger charge is -2.65. The highest BCUT2D eigenvalue weighted by Gasteiger charge is 2.92. The number of aliphatic hydroxyl groups excluding tert-OH is 2. The zero-order chi connectivity index (χ0) is 26.0. The van der Waals surface area contributed by atoms with E-state index in [1.165, 1.54) is 7.11 Å². The van der Waals surface area contributed by atoms with Crippen LogP contribution in [0.15, 0.2) is 22.5 Å². The number of ether oxygens (including phenoxy) is 2. The molecule has 4 saturated carbocycles. The summed E-state index contributed by atoms with van der Waals surface area (Å²) in [7, 11) is 1.36. The van der Waals surface area contributed by atoms with Gasteiger partial charge in [0.05, 0.1) is 24.5 Å². The molecule has 0 radical (unpaired) electrons. The summed E-state index contributed by atoms with van der Waals surface area (Å²) < 4.78 is 11.9. The van der Waals surface area contributed by atoms with Crippen molar-refractivity contribution >= 4 is 23.3 Å². The highest BCUT2D eigenvalue weighted by Crippen LogP contribution is 2.86. The molecule has 2 spiro atoms. The standard InChI is InChI=1S/C27H30O9/c1-23(2)18-17(35-4)16(30)15-10(19(31)26(18)8-13(28)20(23)36-26)5-6-24(3)25(12-7-11(12)21(32)33)9-14(29)27(15,24)22(25)34/h11-12,14,19-20,29,31H,5-9H2,1-4H3,(H,32,33)/t11-,12-,14+,19+,20+,24+,25+,26-,27-/m1/s1. The van der Waals surface area contributed by atoms with Crippen LogP contribution >= 0.6 is 0 Å². The minimum atomic E-state index is -1.55. The fourth-order valence-corrected chi connectivity index (χ4v) is 10.0. The van der Waals surface area contributed by atoms with Gasteiger partial charge in [-0.25, -0.2) is 0 Å². The lowest BCUT2D eigenvalue weighted by Crippen LogP contribution is -2.72. The van der Waals surface area contributed by atoms with Crippen molar-refractivity contribution < 1.29 is 44.0 Å². The second-order valence-corrected chi connectivity index (χ2v) is 12.7. The van der Waals surface area contributed by atoms with Gasteiger partial charge in [-0.05, 0) is 37.2 Å². The molecule has 2 saturated heterocycles. The van der Waals surface area contributed by atoms with Crippen LogP contribution in [0.3, 0.4) is 0 Å². The number of hydrogen-bond acceptors (Lipinski definition) is 8. The molecule has 0 unspecified atom stereocenters. The largest absolute Gasteiger partial charge is 0.493 e. The first kappa shape index (κ1) is 22.8. The second-order valence-electron chi connectivity index (χ2n) is 12.7. The number of allylic oxidation sites excluding steroid dienone is 1. The quantitative estimate of drug-likeness (QED) is 0.520. The topological polar surface area (TPSA) is 147 Å². The molecule has 8 aliphatic rings. The molecule has 6 aliphatic carbocycles. The predicted molar refractivity (Wildman–Crippen MR) is 120 cm³/mol. The Morgan fingerprint density at radius 3 is 2.44 bits per heavy atom. The van der Waals surface area contributed by atoms with Gasteiger partial charge in [0.15, 0.2) is 17.3 Å². The molecule has 3 N–H and O–H groups in total. The van der Waals surface area contributed by atoms with Gasteiger partial charge in [-0.2, -0.15) is 0 Å². The molecule has 8 rings (SSSR count). The summed E-state index contributed by atoms with van der Waals surface area (Å²) in [5.41, 5.74) is -4.90. The van der Waals surface area contributed by atoms with Crippen LogP contribution in [0.2, 0.25) is 0 Å². The van der Waals surface area contributed by atoms with E-state index in [2.05, 4.69) is 0 Å². The number of aliphatic carboxylic acids is 1. The van der Waals surface area contributed by atoms with Crippen molar-refractivity contribution in [3.63, 3.8) is 0 Å². The van der Waals surface area contributed by atoms with E-state index in [-0.39, 0.29) is 48.1 Å². The van der Waals surface area contributed by atoms with Gasteiger partial charge in [0, 0.05) is 33.8 Å². The molecule has 9 atom stereocenters. The SMILES string of the molecule is COC1=C2C(C)(C)[C@H]3O[C@@]2(CC3=O)[C@@H](O)C2=C(C1=O)[C@@]13C(=O)[C@@]([C@@H]4C[C@H]4C(=O)O)(C[C@@H]1O)[C@]3(C)CC2. The monoisotopic (exact) mass is 498 g/mol. The Kier molecular flexibility index (Phi) is 3.82.